The van der Waals surface area contributed by atoms with Gasteiger partial charge in [0.25, 0.3) is 0 Å². The highest BCUT2D eigenvalue weighted by atomic mass is 16.5. The van der Waals surface area contributed by atoms with Gasteiger partial charge in [-0.05, 0) is 76.5 Å². The van der Waals surface area contributed by atoms with Gasteiger partial charge in [0.2, 0.25) is 11.8 Å². The lowest BCUT2D eigenvalue weighted by Crippen LogP contribution is -2.34. The monoisotopic (exact) mass is 429 g/mol. The molecule has 1 saturated heterocycles. The number of hydrogen-bond acceptors (Lipinski definition) is 7. The normalized spacial score (nSPS) is 23.9. The zero-order valence-corrected chi connectivity index (χ0v) is 19.4. The number of piperidine rings is 1. The Morgan fingerprint density at radius 3 is 2.65 bits per heavy atom. The van der Waals surface area contributed by atoms with Crippen molar-refractivity contribution in [3.63, 3.8) is 0 Å². The van der Waals surface area contributed by atoms with E-state index in [1.54, 1.807) is 7.05 Å². The maximum Gasteiger partial charge on any atom is 0.223 e. The summed E-state index contributed by atoms with van der Waals surface area (Å²) < 4.78 is 6.31. The van der Waals surface area contributed by atoms with Crippen LogP contribution in [0.1, 0.15) is 76.5 Å². The van der Waals surface area contributed by atoms with Gasteiger partial charge in [-0.3, -0.25) is 4.99 Å². The van der Waals surface area contributed by atoms with Crippen LogP contribution in [0.4, 0.5) is 5.95 Å². The largest absolute Gasteiger partial charge is 0.474 e. The van der Waals surface area contributed by atoms with Crippen molar-refractivity contribution in [2.45, 2.75) is 83.5 Å². The molecule has 3 N–H and O–H groups in total. The number of rotatable bonds is 8. The average molecular weight is 430 g/mol. The fraction of sp³-hybridized carbons (Fsp3) is 0.708. The first-order valence-electron chi connectivity index (χ1n) is 11.9. The van der Waals surface area contributed by atoms with Crippen LogP contribution < -0.4 is 10.6 Å². The Bertz CT molecular complexity index is 752. The molecule has 3 rings (SSSR count). The standard InChI is InChI=1S/C24H39N5O2/c1-5-6-16(2)28-24-27-15-21(23(25-4)31-20-11-13-26-14-12-20)22(29-24)17(3)18-7-9-19(30)10-8-18/h15-16,18-20,26,30H,3,5-14H2,1-2,4H3,(H,27,28,29)/b25-23+/t16?,18-,19-. The molecule has 172 valence electrons. The van der Waals surface area contributed by atoms with Crippen LogP contribution in [0.2, 0.25) is 0 Å². The van der Waals surface area contributed by atoms with Crippen LogP contribution in [-0.4, -0.2) is 59.4 Å². The minimum Gasteiger partial charge on any atom is -0.474 e. The molecule has 2 aliphatic rings. The second kappa shape index (κ2) is 11.6. The topological polar surface area (TPSA) is 91.7 Å². The summed E-state index contributed by atoms with van der Waals surface area (Å²) in [5.41, 5.74) is 2.62. The Morgan fingerprint density at radius 2 is 2.00 bits per heavy atom. The Labute approximate surface area is 186 Å². The molecule has 7 heteroatoms. The smallest absolute Gasteiger partial charge is 0.223 e. The van der Waals surface area contributed by atoms with Crippen molar-refractivity contribution in [2.75, 3.05) is 25.5 Å². The van der Waals surface area contributed by atoms with E-state index in [1.165, 1.54) is 0 Å². The first kappa shape index (κ1) is 23.7. The summed E-state index contributed by atoms with van der Waals surface area (Å²) in [5.74, 6) is 1.51. The van der Waals surface area contributed by atoms with E-state index < -0.39 is 0 Å². The van der Waals surface area contributed by atoms with E-state index in [-0.39, 0.29) is 12.2 Å². The van der Waals surface area contributed by atoms with E-state index >= 15 is 0 Å². The lowest BCUT2D eigenvalue weighted by Gasteiger charge is -2.28. The molecule has 1 aromatic rings. The molecule has 1 atom stereocenters. The van der Waals surface area contributed by atoms with Gasteiger partial charge in [-0.2, -0.15) is 0 Å². The van der Waals surface area contributed by atoms with Crippen LogP contribution in [0.25, 0.3) is 5.57 Å². The van der Waals surface area contributed by atoms with Gasteiger partial charge in [-0.25, -0.2) is 9.97 Å². The number of aromatic nitrogens is 2. The Hall–Kier alpha value is -1.99. The highest BCUT2D eigenvalue weighted by molar-refractivity contribution is 5.98. The number of nitrogens with zero attached hydrogens (tertiary/aromatic N) is 3. The van der Waals surface area contributed by atoms with E-state index in [0.29, 0.717) is 23.8 Å². The Kier molecular flexibility index (Phi) is 8.84. The van der Waals surface area contributed by atoms with Crippen LogP contribution >= 0.6 is 0 Å². The third-order valence-electron chi connectivity index (χ3n) is 6.38. The first-order chi connectivity index (χ1) is 15.0. The molecular formula is C24H39N5O2. The number of hydrogen-bond donors (Lipinski definition) is 3. The van der Waals surface area contributed by atoms with Crippen molar-refractivity contribution in [1.82, 2.24) is 15.3 Å². The van der Waals surface area contributed by atoms with Crippen molar-refractivity contribution in [2.24, 2.45) is 10.9 Å². The molecule has 1 aliphatic heterocycles. The van der Waals surface area contributed by atoms with Crippen LogP contribution in [0.3, 0.4) is 0 Å². The molecule has 1 saturated carbocycles. The van der Waals surface area contributed by atoms with E-state index in [9.17, 15) is 5.11 Å². The summed E-state index contributed by atoms with van der Waals surface area (Å²) in [5, 5.41) is 16.7. The van der Waals surface area contributed by atoms with Gasteiger partial charge in [-0.1, -0.05) is 19.9 Å². The van der Waals surface area contributed by atoms with Gasteiger partial charge in [0.05, 0.1) is 17.4 Å². The molecule has 31 heavy (non-hydrogen) atoms. The lowest BCUT2D eigenvalue weighted by atomic mass is 9.81. The molecule has 0 bridgehead atoms. The molecule has 1 aliphatic carbocycles. The fourth-order valence-corrected chi connectivity index (χ4v) is 4.50. The molecule has 0 spiro atoms. The van der Waals surface area contributed by atoms with Gasteiger partial charge in [-0.15, -0.1) is 0 Å². The van der Waals surface area contributed by atoms with Crippen molar-refractivity contribution in [3.8, 4) is 0 Å². The predicted molar refractivity (Wildman–Crippen MR) is 126 cm³/mol. The van der Waals surface area contributed by atoms with Crippen molar-refractivity contribution in [3.05, 3.63) is 24.0 Å². The maximum atomic E-state index is 9.93. The minimum absolute atomic E-state index is 0.147. The van der Waals surface area contributed by atoms with Crippen molar-refractivity contribution >= 4 is 17.4 Å². The van der Waals surface area contributed by atoms with Crippen LogP contribution in [-0.2, 0) is 4.74 Å². The molecular weight excluding hydrogens is 390 g/mol. The van der Waals surface area contributed by atoms with Crippen LogP contribution in [0.15, 0.2) is 17.8 Å². The number of allylic oxidation sites excluding steroid dienone is 1. The third kappa shape index (κ3) is 6.50. The zero-order valence-electron chi connectivity index (χ0n) is 19.4. The molecule has 2 heterocycles. The summed E-state index contributed by atoms with van der Waals surface area (Å²) in [6.07, 6.45) is 9.33. The summed E-state index contributed by atoms with van der Waals surface area (Å²) in [7, 11) is 1.76. The number of ether oxygens (including phenoxy) is 1. The molecule has 0 radical (unpaired) electrons. The van der Waals surface area contributed by atoms with Gasteiger partial charge in [0.1, 0.15) is 6.10 Å². The highest BCUT2D eigenvalue weighted by Crippen LogP contribution is 2.35. The Balaban J connectivity index is 1.87. The number of aliphatic hydroxyl groups excluding tert-OH is 1. The minimum atomic E-state index is -0.197. The van der Waals surface area contributed by atoms with Gasteiger partial charge in [0.15, 0.2) is 0 Å². The second-order valence-electron chi connectivity index (χ2n) is 8.92. The number of nitrogens with one attached hydrogen (secondary N) is 2. The maximum absolute atomic E-state index is 9.93. The number of aliphatic hydroxyl groups is 1. The molecule has 7 nitrogen and oxygen atoms in total. The number of anilines is 1. The molecule has 0 amide bonds. The fourth-order valence-electron chi connectivity index (χ4n) is 4.50. The predicted octanol–water partition coefficient (Wildman–Crippen LogP) is 3.79. The Morgan fingerprint density at radius 1 is 1.29 bits per heavy atom. The SMILES string of the molecule is C=C(c1nc(NC(C)CCC)ncc1/C(=N\C)OC1CCNCC1)[C@H]1CC[C@H](O)CC1. The highest BCUT2D eigenvalue weighted by Gasteiger charge is 2.27. The van der Waals surface area contributed by atoms with E-state index in [4.69, 9.17) is 9.72 Å². The quantitative estimate of drug-likeness (QED) is 0.430. The van der Waals surface area contributed by atoms with Crippen molar-refractivity contribution < 1.29 is 9.84 Å². The summed E-state index contributed by atoms with van der Waals surface area (Å²) in [4.78, 5) is 13.9. The van der Waals surface area contributed by atoms with E-state index in [1.807, 2.05) is 6.20 Å². The molecule has 2 fully saturated rings. The zero-order chi connectivity index (χ0) is 22.2. The summed E-state index contributed by atoms with van der Waals surface area (Å²) >= 11 is 0. The van der Waals surface area contributed by atoms with E-state index in [2.05, 4.69) is 41.0 Å². The second-order valence-corrected chi connectivity index (χ2v) is 8.92. The van der Waals surface area contributed by atoms with Crippen molar-refractivity contribution in [1.29, 1.82) is 0 Å². The van der Waals surface area contributed by atoms with Gasteiger partial charge < -0.3 is 20.5 Å². The first-order valence-corrected chi connectivity index (χ1v) is 11.9. The number of aliphatic imine (C=N–C) groups is 1. The van der Waals surface area contributed by atoms with Crippen LogP contribution in [0.5, 0.6) is 0 Å². The van der Waals surface area contributed by atoms with Gasteiger partial charge in [0, 0.05) is 19.3 Å². The molecule has 1 aromatic heterocycles. The van der Waals surface area contributed by atoms with Gasteiger partial charge >= 0.3 is 0 Å². The average Bonchev–Trinajstić information content (AvgIpc) is 2.78. The lowest BCUT2D eigenvalue weighted by molar-refractivity contribution is 0.119. The summed E-state index contributed by atoms with van der Waals surface area (Å²) in [6, 6.07) is 0.298. The summed E-state index contributed by atoms with van der Waals surface area (Å²) in [6.45, 7) is 10.7. The van der Waals surface area contributed by atoms with Crippen LogP contribution in [0, 0.1) is 5.92 Å². The van der Waals surface area contributed by atoms with E-state index in [0.717, 1.165) is 81.3 Å². The molecule has 0 aromatic carbocycles. The molecule has 1 unspecified atom stereocenters. The third-order valence-corrected chi connectivity index (χ3v) is 6.38.